The highest BCUT2D eigenvalue weighted by Crippen LogP contribution is 2.50. The molecule has 4 rings (SSSR count). The van der Waals surface area contributed by atoms with Crippen molar-refractivity contribution >= 4 is 11.8 Å². The van der Waals surface area contributed by atoms with Gasteiger partial charge in [-0.2, -0.15) is 4.98 Å². The fourth-order valence-corrected chi connectivity index (χ4v) is 5.17. The Bertz CT molecular complexity index is 1020. The molecule has 3 atom stereocenters. The highest BCUT2D eigenvalue weighted by atomic mass is 16.5. The largest absolute Gasteiger partial charge is 0.493 e. The Morgan fingerprint density at radius 3 is 2.69 bits per heavy atom. The van der Waals surface area contributed by atoms with Crippen LogP contribution < -0.4 is 14.8 Å². The molecule has 1 aromatic heterocycles. The van der Waals surface area contributed by atoms with Crippen molar-refractivity contribution in [2.45, 2.75) is 45.1 Å². The number of aryl methyl sites for hydroxylation is 1. The summed E-state index contributed by atoms with van der Waals surface area (Å²) < 4.78 is 16.3. The molecule has 2 fully saturated rings. The molecule has 0 spiro atoms. The Morgan fingerprint density at radius 2 is 2.06 bits per heavy atom. The molecule has 1 saturated heterocycles. The van der Waals surface area contributed by atoms with Crippen molar-refractivity contribution < 1.29 is 23.6 Å². The van der Waals surface area contributed by atoms with Crippen LogP contribution in [0.3, 0.4) is 0 Å². The van der Waals surface area contributed by atoms with Crippen molar-refractivity contribution in [3.63, 3.8) is 0 Å². The van der Waals surface area contributed by atoms with Crippen molar-refractivity contribution in [1.29, 1.82) is 0 Å². The van der Waals surface area contributed by atoms with Gasteiger partial charge in [0.05, 0.1) is 25.2 Å². The molecule has 1 aliphatic heterocycles. The van der Waals surface area contributed by atoms with Gasteiger partial charge in [-0.05, 0) is 37.8 Å². The molecule has 0 radical (unpaired) electrons. The minimum absolute atomic E-state index is 0.0775. The number of hydrogen-bond acceptors (Lipinski definition) is 7. The number of amides is 2. The Labute approximate surface area is 187 Å². The number of benzene rings is 1. The van der Waals surface area contributed by atoms with Gasteiger partial charge in [0.15, 0.2) is 17.3 Å². The maximum absolute atomic E-state index is 13.1. The van der Waals surface area contributed by atoms with Crippen molar-refractivity contribution in [3.8, 4) is 11.5 Å². The fourth-order valence-electron chi connectivity index (χ4n) is 5.17. The summed E-state index contributed by atoms with van der Waals surface area (Å²) in [6, 6.07) is 5.14. The third-order valence-electron chi connectivity index (χ3n) is 6.62. The van der Waals surface area contributed by atoms with Crippen LogP contribution in [-0.2, 0) is 10.2 Å². The number of nitrogens with zero attached hydrogens (tertiary/aromatic N) is 3. The van der Waals surface area contributed by atoms with Gasteiger partial charge in [0.25, 0.3) is 5.91 Å². The predicted molar refractivity (Wildman–Crippen MR) is 116 cm³/mol. The first-order chi connectivity index (χ1) is 15.3. The van der Waals surface area contributed by atoms with E-state index in [9.17, 15) is 9.59 Å². The van der Waals surface area contributed by atoms with Crippen molar-refractivity contribution in [2.75, 3.05) is 27.3 Å². The van der Waals surface area contributed by atoms with E-state index in [1.165, 1.54) is 14.2 Å². The predicted octanol–water partition coefficient (Wildman–Crippen LogP) is 2.34. The summed E-state index contributed by atoms with van der Waals surface area (Å²) >= 11 is 0. The first-order valence-corrected chi connectivity index (χ1v) is 10.9. The van der Waals surface area contributed by atoms with Gasteiger partial charge in [-0.3, -0.25) is 9.59 Å². The second kappa shape index (κ2) is 8.44. The molecule has 32 heavy (non-hydrogen) atoms. The molecule has 1 N–H and O–H groups in total. The minimum Gasteiger partial charge on any atom is -0.493 e. The number of para-hydroxylation sites is 1. The van der Waals surface area contributed by atoms with Gasteiger partial charge in [0.1, 0.15) is 0 Å². The lowest BCUT2D eigenvalue weighted by Gasteiger charge is -2.26. The van der Waals surface area contributed by atoms with Gasteiger partial charge in [-0.25, -0.2) is 0 Å². The van der Waals surface area contributed by atoms with Crippen molar-refractivity contribution in [1.82, 2.24) is 20.4 Å². The van der Waals surface area contributed by atoms with Crippen LogP contribution in [0.4, 0.5) is 0 Å². The van der Waals surface area contributed by atoms with E-state index in [-0.39, 0.29) is 29.7 Å². The Kier molecular flexibility index (Phi) is 5.83. The van der Waals surface area contributed by atoms with Crippen LogP contribution in [0.5, 0.6) is 11.5 Å². The summed E-state index contributed by atoms with van der Waals surface area (Å²) in [4.78, 5) is 32.2. The van der Waals surface area contributed by atoms with Crippen molar-refractivity contribution in [3.05, 3.63) is 35.5 Å². The van der Waals surface area contributed by atoms with Gasteiger partial charge in [-0.1, -0.05) is 25.1 Å². The third kappa shape index (κ3) is 3.69. The molecule has 1 unspecified atom stereocenters. The van der Waals surface area contributed by atoms with Gasteiger partial charge in [0.2, 0.25) is 11.8 Å². The first-order valence-electron chi connectivity index (χ1n) is 10.9. The van der Waals surface area contributed by atoms with E-state index in [0.717, 1.165) is 6.42 Å². The number of carbonyl (C=O) groups is 2. The fraction of sp³-hybridized carbons (Fsp3) is 0.565. The van der Waals surface area contributed by atoms with Crippen molar-refractivity contribution in [2.24, 2.45) is 11.8 Å². The molecule has 1 saturated carbocycles. The Balaban J connectivity index is 1.57. The number of likely N-dealkylation sites (tertiary alicyclic amines) is 1. The molecule has 2 amide bonds. The topological polar surface area (TPSA) is 107 Å². The summed E-state index contributed by atoms with van der Waals surface area (Å²) in [6.45, 7) is 6.74. The molecule has 2 aliphatic rings. The summed E-state index contributed by atoms with van der Waals surface area (Å²) in [5.41, 5.74) is -0.0365. The van der Waals surface area contributed by atoms with Crippen LogP contribution in [0.15, 0.2) is 22.7 Å². The summed E-state index contributed by atoms with van der Waals surface area (Å²) in [5.74, 6) is 1.97. The minimum atomic E-state index is -0.456. The standard InChI is InChI=1S/C23H30N4O5/c1-13(2)21(29)27-11-15-9-16(10-23(15,12-27)22-24-14(3)26-32-22)25-20(28)17-7-6-8-18(30-4)19(17)31-5/h6-8,13,15-16H,9-12H2,1-5H3,(H,25,28)/t15?,16-,23+/m1/s1. The second-order valence-corrected chi connectivity index (χ2v) is 9.02. The SMILES string of the molecule is COc1cccc(C(=O)N[C@@H]2CC3CN(C(=O)C(C)C)C[C@@]3(c3nc(C)no3)C2)c1OC. The lowest BCUT2D eigenvalue weighted by atomic mass is 9.80. The first kappa shape index (κ1) is 22.1. The average molecular weight is 443 g/mol. The van der Waals surface area contributed by atoms with E-state index in [1.807, 2.05) is 18.7 Å². The van der Waals surface area contributed by atoms with E-state index in [2.05, 4.69) is 15.5 Å². The van der Waals surface area contributed by atoms with Crippen LogP contribution >= 0.6 is 0 Å². The molecule has 2 aromatic rings. The Hall–Kier alpha value is -3.10. The number of methoxy groups -OCH3 is 2. The monoisotopic (exact) mass is 442 g/mol. The normalized spacial score (nSPS) is 24.5. The van der Waals surface area contributed by atoms with Gasteiger partial charge < -0.3 is 24.2 Å². The molecule has 9 heteroatoms. The smallest absolute Gasteiger partial charge is 0.255 e. The molecular formula is C23H30N4O5. The van der Waals surface area contributed by atoms with Crippen LogP contribution in [0, 0.1) is 18.8 Å². The average Bonchev–Trinajstić information content (AvgIpc) is 3.44. The summed E-state index contributed by atoms with van der Waals surface area (Å²) in [6.07, 6.45) is 1.35. The zero-order chi connectivity index (χ0) is 23.0. The Morgan fingerprint density at radius 1 is 1.28 bits per heavy atom. The number of rotatable bonds is 6. The molecule has 0 bridgehead atoms. The number of ether oxygens (including phenoxy) is 2. The number of hydrogen-bond donors (Lipinski definition) is 1. The maximum atomic E-state index is 13.1. The third-order valence-corrected chi connectivity index (χ3v) is 6.62. The molecule has 172 valence electrons. The van der Waals surface area contributed by atoms with E-state index >= 15 is 0 Å². The lowest BCUT2D eigenvalue weighted by molar-refractivity contribution is -0.133. The molecule has 1 aliphatic carbocycles. The quantitative estimate of drug-likeness (QED) is 0.732. The van der Waals surface area contributed by atoms with E-state index < -0.39 is 5.41 Å². The highest BCUT2D eigenvalue weighted by molar-refractivity contribution is 5.98. The highest BCUT2D eigenvalue weighted by Gasteiger charge is 2.58. The summed E-state index contributed by atoms with van der Waals surface area (Å²) in [7, 11) is 3.06. The maximum Gasteiger partial charge on any atom is 0.255 e. The molecule has 9 nitrogen and oxygen atoms in total. The van der Waals surface area contributed by atoms with Crippen LogP contribution in [0.1, 0.15) is 48.8 Å². The zero-order valence-corrected chi connectivity index (χ0v) is 19.2. The van der Waals surface area contributed by atoms with Gasteiger partial charge >= 0.3 is 0 Å². The van der Waals surface area contributed by atoms with Crippen LogP contribution in [0.2, 0.25) is 0 Å². The second-order valence-electron chi connectivity index (χ2n) is 9.02. The van der Waals surface area contributed by atoms with E-state index in [0.29, 0.717) is 48.3 Å². The number of fused-ring (bicyclic) bond motifs is 1. The zero-order valence-electron chi connectivity index (χ0n) is 19.2. The summed E-state index contributed by atoms with van der Waals surface area (Å²) in [5, 5.41) is 7.14. The number of nitrogens with one attached hydrogen (secondary N) is 1. The van der Waals surface area contributed by atoms with Crippen LogP contribution in [-0.4, -0.2) is 60.2 Å². The lowest BCUT2D eigenvalue weighted by Crippen LogP contribution is -2.40. The van der Waals surface area contributed by atoms with Gasteiger partial charge in [-0.15, -0.1) is 0 Å². The van der Waals surface area contributed by atoms with Gasteiger partial charge in [0, 0.05) is 25.0 Å². The number of carbonyl (C=O) groups excluding carboxylic acids is 2. The number of aromatic nitrogens is 2. The van der Waals surface area contributed by atoms with E-state index in [1.54, 1.807) is 25.1 Å². The molecule has 1 aromatic carbocycles. The van der Waals surface area contributed by atoms with Crippen LogP contribution in [0.25, 0.3) is 0 Å². The molecular weight excluding hydrogens is 412 g/mol. The van der Waals surface area contributed by atoms with E-state index in [4.69, 9.17) is 14.0 Å². The molecule has 2 heterocycles.